The zero-order valence-electron chi connectivity index (χ0n) is 14.5. The fraction of sp³-hybridized carbons (Fsp3) is 0.222. The number of benzene rings is 2. The topological polar surface area (TPSA) is 108 Å². The molecule has 0 atom stereocenters. The lowest BCUT2D eigenvalue weighted by Crippen LogP contribution is -2.14. The molecule has 0 spiro atoms. The maximum atomic E-state index is 12.5. The number of methoxy groups -OCH3 is 1. The van der Waals surface area contributed by atoms with Gasteiger partial charge in [0.15, 0.2) is 11.5 Å². The monoisotopic (exact) mass is 355 g/mol. The van der Waals surface area contributed by atoms with Crippen LogP contribution in [0.15, 0.2) is 40.8 Å². The second kappa shape index (κ2) is 6.83. The quantitative estimate of drug-likeness (QED) is 0.545. The second-order valence-corrected chi connectivity index (χ2v) is 5.98. The average molecular weight is 355 g/mol. The van der Waals surface area contributed by atoms with Crippen molar-refractivity contribution in [2.24, 2.45) is 0 Å². The molecule has 134 valence electrons. The van der Waals surface area contributed by atoms with E-state index in [1.165, 1.54) is 25.3 Å². The van der Waals surface area contributed by atoms with E-state index in [2.05, 4.69) is 10.3 Å². The van der Waals surface area contributed by atoms with Crippen molar-refractivity contribution in [3.05, 3.63) is 58.0 Å². The van der Waals surface area contributed by atoms with Gasteiger partial charge >= 0.3 is 0 Å². The van der Waals surface area contributed by atoms with Crippen molar-refractivity contribution in [2.45, 2.75) is 19.8 Å². The molecule has 0 saturated heterocycles. The van der Waals surface area contributed by atoms with Crippen molar-refractivity contribution in [3.63, 3.8) is 0 Å². The summed E-state index contributed by atoms with van der Waals surface area (Å²) in [5.41, 5.74) is 1.28. The van der Waals surface area contributed by atoms with E-state index in [1.807, 2.05) is 13.8 Å². The molecule has 0 bridgehead atoms. The van der Waals surface area contributed by atoms with E-state index in [-0.39, 0.29) is 17.2 Å². The number of fused-ring (bicyclic) bond motifs is 1. The molecule has 0 aliphatic heterocycles. The third kappa shape index (κ3) is 3.34. The number of nitrogens with zero attached hydrogens (tertiary/aromatic N) is 2. The number of aromatic nitrogens is 1. The highest BCUT2D eigenvalue weighted by Crippen LogP contribution is 2.27. The lowest BCUT2D eigenvalue weighted by molar-refractivity contribution is -0.385. The maximum absolute atomic E-state index is 12.5. The third-order valence-corrected chi connectivity index (χ3v) is 3.80. The van der Waals surface area contributed by atoms with Crippen LogP contribution in [0.5, 0.6) is 5.75 Å². The molecule has 3 aromatic rings. The molecule has 1 aromatic heterocycles. The molecule has 8 nitrogen and oxygen atoms in total. The number of hydrogen-bond donors (Lipinski definition) is 1. The molecule has 0 aliphatic carbocycles. The van der Waals surface area contributed by atoms with Gasteiger partial charge in [-0.2, -0.15) is 0 Å². The fourth-order valence-corrected chi connectivity index (χ4v) is 2.45. The summed E-state index contributed by atoms with van der Waals surface area (Å²) in [7, 11) is 1.42. The molecule has 0 radical (unpaired) electrons. The van der Waals surface area contributed by atoms with Crippen LogP contribution < -0.4 is 10.1 Å². The minimum absolute atomic E-state index is 0.0881. The first-order valence-electron chi connectivity index (χ1n) is 7.93. The van der Waals surface area contributed by atoms with Gasteiger partial charge in [-0.1, -0.05) is 13.8 Å². The molecule has 0 unspecified atom stereocenters. The van der Waals surface area contributed by atoms with Crippen LogP contribution in [0, 0.1) is 10.1 Å². The Morgan fingerprint density at radius 2 is 2.04 bits per heavy atom. The van der Waals surface area contributed by atoms with Crippen molar-refractivity contribution in [1.29, 1.82) is 0 Å². The van der Waals surface area contributed by atoms with Crippen molar-refractivity contribution in [3.8, 4) is 5.75 Å². The van der Waals surface area contributed by atoms with Crippen LogP contribution in [0.1, 0.15) is 36.0 Å². The highest BCUT2D eigenvalue weighted by Gasteiger charge is 2.21. The van der Waals surface area contributed by atoms with Gasteiger partial charge < -0.3 is 14.5 Å². The summed E-state index contributed by atoms with van der Waals surface area (Å²) in [6, 6.07) is 9.03. The smallest absolute Gasteiger partial charge is 0.282 e. The van der Waals surface area contributed by atoms with Crippen LogP contribution in [0.4, 0.5) is 11.4 Å². The molecule has 0 aliphatic rings. The Hall–Kier alpha value is -3.42. The first kappa shape index (κ1) is 17.4. The zero-order chi connectivity index (χ0) is 18.8. The van der Waals surface area contributed by atoms with Crippen molar-refractivity contribution < 1.29 is 18.9 Å². The normalized spacial score (nSPS) is 10.9. The Balaban J connectivity index is 1.92. The molecule has 0 fully saturated rings. The summed E-state index contributed by atoms with van der Waals surface area (Å²) < 4.78 is 10.7. The largest absolute Gasteiger partial charge is 0.497 e. The molecular weight excluding hydrogens is 338 g/mol. The molecule has 8 heteroatoms. The third-order valence-electron chi connectivity index (χ3n) is 3.80. The number of rotatable bonds is 5. The predicted molar refractivity (Wildman–Crippen MR) is 95.7 cm³/mol. The summed E-state index contributed by atoms with van der Waals surface area (Å²) in [5, 5.41) is 13.8. The van der Waals surface area contributed by atoms with E-state index in [0.717, 1.165) is 0 Å². The van der Waals surface area contributed by atoms with Gasteiger partial charge in [-0.15, -0.1) is 0 Å². The second-order valence-electron chi connectivity index (χ2n) is 5.98. The summed E-state index contributed by atoms with van der Waals surface area (Å²) in [4.78, 5) is 27.5. The molecule has 1 N–H and O–H groups in total. The molecule has 26 heavy (non-hydrogen) atoms. The minimum Gasteiger partial charge on any atom is -0.497 e. The number of anilines is 1. The summed E-state index contributed by atoms with van der Waals surface area (Å²) in [6.07, 6.45) is 0. The number of carbonyl (C=O) groups is 1. The van der Waals surface area contributed by atoms with Gasteiger partial charge in [-0.05, 0) is 24.3 Å². The van der Waals surface area contributed by atoms with Gasteiger partial charge in [0.1, 0.15) is 16.8 Å². The number of hydrogen-bond acceptors (Lipinski definition) is 6. The first-order valence-corrected chi connectivity index (χ1v) is 7.93. The number of oxazole rings is 1. The van der Waals surface area contributed by atoms with Crippen LogP contribution >= 0.6 is 0 Å². The molecule has 0 saturated carbocycles. The number of carbonyl (C=O) groups excluding carboxylic acids is 1. The average Bonchev–Trinajstić information content (AvgIpc) is 3.04. The van der Waals surface area contributed by atoms with E-state index in [4.69, 9.17) is 9.15 Å². The van der Waals surface area contributed by atoms with Gasteiger partial charge in [-0.25, -0.2) is 4.98 Å². The number of amides is 1. The van der Waals surface area contributed by atoms with Crippen LogP contribution in [-0.2, 0) is 0 Å². The highest BCUT2D eigenvalue weighted by atomic mass is 16.6. The molecule has 2 aromatic carbocycles. The number of nitro groups is 1. The summed E-state index contributed by atoms with van der Waals surface area (Å²) in [6.45, 7) is 3.94. The SMILES string of the molecule is COc1ccc([N+](=O)[O-])c(C(=O)Nc2ccc3nc(C(C)C)oc3c2)c1. The number of nitro benzene ring substituents is 1. The molecule has 3 rings (SSSR count). The van der Waals surface area contributed by atoms with E-state index in [9.17, 15) is 14.9 Å². The van der Waals surface area contributed by atoms with Crippen LogP contribution in [0.25, 0.3) is 11.1 Å². The van der Waals surface area contributed by atoms with Gasteiger partial charge in [-0.3, -0.25) is 14.9 Å². The predicted octanol–water partition coefficient (Wildman–Crippen LogP) is 4.12. The van der Waals surface area contributed by atoms with E-state index >= 15 is 0 Å². The van der Waals surface area contributed by atoms with E-state index in [1.54, 1.807) is 18.2 Å². The summed E-state index contributed by atoms with van der Waals surface area (Å²) in [5.74, 6) is 0.485. The molecular formula is C18H17N3O5. The Morgan fingerprint density at radius 3 is 2.69 bits per heavy atom. The number of ether oxygens (including phenoxy) is 1. The lowest BCUT2D eigenvalue weighted by atomic mass is 10.1. The van der Waals surface area contributed by atoms with Gasteiger partial charge in [0.25, 0.3) is 11.6 Å². The number of nitrogens with one attached hydrogen (secondary N) is 1. The summed E-state index contributed by atoms with van der Waals surface area (Å²) >= 11 is 0. The highest BCUT2D eigenvalue weighted by molar-refractivity contribution is 6.07. The fourth-order valence-electron chi connectivity index (χ4n) is 2.45. The lowest BCUT2D eigenvalue weighted by Gasteiger charge is -2.07. The Labute approximate surface area is 148 Å². The Kier molecular flexibility index (Phi) is 4.57. The Bertz CT molecular complexity index is 994. The first-order chi connectivity index (χ1) is 12.4. The van der Waals surface area contributed by atoms with Gasteiger partial charge in [0.05, 0.1) is 12.0 Å². The van der Waals surface area contributed by atoms with Gasteiger partial charge in [0.2, 0.25) is 0 Å². The van der Waals surface area contributed by atoms with Crippen molar-refractivity contribution >= 4 is 28.4 Å². The van der Waals surface area contributed by atoms with Crippen LogP contribution in [-0.4, -0.2) is 22.9 Å². The van der Waals surface area contributed by atoms with Crippen LogP contribution in [0.2, 0.25) is 0 Å². The maximum Gasteiger partial charge on any atom is 0.282 e. The minimum atomic E-state index is -0.612. The van der Waals surface area contributed by atoms with E-state index < -0.39 is 10.8 Å². The van der Waals surface area contributed by atoms with E-state index in [0.29, 0.717) is 28.4 Å². The van der Waals surface area contributed by atoms with Crippen molar-refractivity contribution in [1.82, 2.24) is 4.98 Å². The van der Waals surface area contributed by atoms with Gasteiger partial charge in [0, 0.05) is 23.7 Å². The van der Waals surface area contributed by atoms with Crippen LogP contribution in [0.3, 0.4) is 0 Å². The van der Waals surface area contributed by atoms with Crippen molar-refractivity contribution in [2.75, 3.05) is 12.4 Å². The molecule has 1 heterocycles. The molecule has 1 amide bonds. The zero-order valence-corrected chi connectivity index (χ0v) is 14.5. The Morgan fingerprint density at radius 1 is 1.27 bits per heavy atom. The standard InChI is InChI=1S/C18H17N3O5/c1-10(2)18-20-14-6-4-11(8-16(14)26-18)19-17(22)13-9-12(25-3)5-7-15(13)21(23)24/h4-10H,1-3H3,(H,19,22).